The Hall–Kier alpha value is -1.34. The molecule has 0 fully saturated rings. The minimum absolute atomic E-state index is 0.233. The molecule has 0 aromatic carbocycles. The first-order valence-electron chi connectivity index (χ1n) is 4.40. The Morgan fingerprint density at radius 3 is 2.40 bits per heavy atom. The van der Waals surface area contributed by atoms with E-state index in [1.165, 1.54) is 7.11 Å². The normalized spacial score (nSPS) is 14.1. The lowest BCUT2D eigenvalue weighted by molar-refractivity contribution is -0.140. The monoisotopic (exact) mass is 220 g/mol. The highest BCUT2D eigenvalue weighted by Crippen LogP contribution is 1.85. The maximum absolute atomic E-state index is 11.1. The molecule has 7 nitrogen and oxygen atoms in total. The molecule has 0 radical (unpaired) electrons. The lowest BCUT2D eigenvalue weighted by Crippen LogP contribution is -2.50. The van der Waals surface area contributed by atoms with Crippen molar-refractivity contribution in [3.05, 3.63) is 0 Å². The first kappa shape index (κ1) is 13.7. The summed E-state index contributed by atoms with van der Waals surface area (Å²) in [6.45, 7) is 1.38. The van der Waals surface area contributed by atoms with Gasteiger partial charge in [0.2, 0.25) is 0 Å². The van der Waals surface area contributed by atoms with Crippen molar-refractivity contribution in [1.29, 1.82) is 0 Å². The summed E-state index contributed by atoms with van der Waals surface area (Å²) in [6, 6.07) is -2.18. The van der Waals surface area contributed by atoms with Crippen LogP contribution >= 0.6 is 0 Å². The average molecular weight is 220 g/mol. The van der Waals surface area contributed by atoms with Crippen molar-refractivity contribution in [2.24, 2.45) is 0 Å². The van der Waals surface area contributed by atoms with Gasteiger partial charge in [0.1, 0.15) is 0 Å². The van der Waals surface area contributed by atoms with Gasteiger partial charge in [-0.05, 0) is 6.92 Å². The molecule has 7 heteroatoms. The van der Waals surface area contributed by atoms with Crippen LogP contribution in [0.5, 0.6) is 0 Å². The second kappa shape index (κ2) is 7.02. The molecule has 4 N–H and O–H groups in total. The van der Waals surface area contributed by atoms with Crippen LogP contribution in [-0.2, 0) is 9.53 Å². The maximum Gasteiger partial charge on any atom is 0.328 e. The highest BCUT2D eigenvalue weighted by molar-refractivity contribution is 5.82. The minimum atomic E-state index is -1.29. The van der Waals surface area contributed by atoms with E-state index >= 15 is 0 Å². The van der Waals surface area contributed by atoms with Crippen LogP contribution in [0.3, 0.4) is 0 Å². The number of carbonyl (C=O) groups excluding carboxylic acids is 1. The van der Waals surface area contributed by atoms with Gasteiger partial charge >= 0.3 is 12.0 Å². The van der Waals surface area contributed by atoms with Crippen molar-refractivity contribution in [3.63, 3.8) is 0 Å². The van der Waals surface area contributed by atoms with Crippen LogP contribution in [0.2, 0.25) is 0 Å². The molecule has 0 heterocycles. The number of aliphatic hydroxyl groups excluding tert-OH is 1. The van der Waals surface area contributed by atoms with Gasteiger partial charge in [0.25, 0.3) is 0 Å². The lowest BCUT2D eigenvalue weighted by atomic mass is 10.3. The molecule has 0 aliphatic rings. The summed E-state index contributed by atoms with van der Waals surface area (Å²) < 4.78 is 4.78. The van der Waals surface area contributed by atoms with Crippen LogP contribution < -0.4 is 10.6 Å². The summed E-state index contributed by atoms with van der Waals surface area (Å²) in [5, 5.41) is 21.7. The first-order valence-corrected chi connectivity index (χ1v) is 4.40. The maximum atomic E-state index is 11.1. The Kier molecular flexibility index (Phi) is 6.39. The zero-order chi connectivity index (χ0) is 11.8. The van der Waals surface area contributed by atoms with E-state index in [9.17, 15) is 9.59 Å². The van der Waals surface area contributed by atoms with Gasteiger partial charge in [0, 0.05) is 7.11 Å². The quantitative estimate of drug-likeness (QED) is 0.448. The number of hydrogen-bond donors (Lipinski definition) is 4. The molecule has 0 aromatic heterocycles. The van der Waals surface area contributed by atoms with E-state index in [0.29, 0.717) is 6.61 Å². The third-order valence-electron chi connectivity index (χ3n) is 1.58. The summed E-state index contributed by atoms with van der Waals surface area (Å²) in [5.74, 6) is -1.29. The van der Waals surface area contributed by atoms with Crippen LogP contribution in [-0.4, -0.2) is 54.6 Å². The number of ether oxygens (including phenoxy) is 1. The van der Waals surface area contributed by atoms with Gasteiger partial charge in [-0.2, -0.15) is 0 Å². The molecule has 2 atom stereocenters. The predicted octanol–water partition coefficient (Wildman–Crippen LogP) is -1.23. The summed E-state index contributed by atoms with van der Waals surface area (Å²) in [7, 11) is 1.49. The van der Waals surface area contributed by atoms with Crippen LogP contribution in [0.15, 0.2) is 0 Å². The fraction of sp³-hybridized carbons (Fsp3) is 0.750. The van der Waals surface area contributed by atoms with Gasteiger partial charge in [0.15, 0.2) is 6.04 Å². The molecular formula is C8H16N2O5. The van der Waals surface area contributed by atoms with Crippen molar-refractivity contribution in [2.45, 2.75) is 19.0 Å². The number of nitrogens with one attached hydrogen (secondary N) is 2. The van der Waals surface area contributed by atoms with Crippen molar-refractivity contribution in [2.75, 3.05) is 20.3 Å². The zero-order valence-electron chi connectivity index (χ0n) is 8.69. The number of carbonyl (C=O) groups is 2. The summed E-state index contributed by atoms with van der Waals surface area (Å²) in [6.07, 6.45) is 0. The van der Waals surface area contributed by atoms with Crippen LogP contribution in [0.1, 0.15) is 6.92 Å². The second-order valence-electron chi connectivity index (χ2n) is 3.05. The molecule has 0 aliphatic heterocycles. The molecule has 2 amide bonds. The fourth-order valence-corrected chi connectivity index (χ4v) is 0.901. The average Bonchev–Trinajstić information content (AvgIpc) is 2.13. The molecule has 0 saturated carbocycles. The number of aliphatic carboxylic acids is 1. The fourth-order valence-electron chi connectivity index (χ4n) is 0.901. The highest BCUT2D eigenvalue weighted by Gasteiger charge is 2.19. The Morgan fingerprint density at radius 2 is 2.00 bits per heavy atom. The number of carboxylic acids is 1. The van der Waals surface area contributed by atoms with Gasteiger partial charge in [0.05, 0.1) is 19.3 Å². The molecule has 0 aromatic rings. The number of hydrogen-bond acceptors (Lipinski definition) is 4. The Balaban J connectivity index is 3.96. The van der Waals surface area contributed by atoms with E-state index in [-0.39, 0.29) is 6.04 Å². The third kappa shape index (κ3) is 5.87. The van der Waals surface area contributed by atoms with Gasteiger partial charge in [-0.3, -0.25) is 0 Å². The number of carboxylic acid groups (broad SMARTS) is 1. The Bertz CT molecular complexity index is 221. The number of urea groups is 1. The summed E-state index contributed by atoms with van der Waals surface area (Å²) in [5.41, 5.74) is 0. The van der Waals surface area contributed by atoms with Crippen molar-refractivity contribution in [3.8, 4) is 0 Å². The van der Waals surface area contributed by atoms with Crippen molar-refractivity contribution in [1.82, 2.24) is 10.6 Å². The van der Waals surface area contributed by atoms with Crippen molar-refractivity contribution < 1.29 is 24.5 Å². The second-order valence-corrected chi connectivity index (χ2v) is 3.05. The van der Waals surface area contributed by atoms with E-state index < -0.39 is 24.6 Å². The number of methoxy groups -OCH3 is 1. The molecular weight excluding hydrogens is 204 g/mol. The number of rotatable bonds is 6. The standard InChI is InChI=1S/C8H16N2O5/c1-5(4-15-2)9-8(14)10-6(3-11)7(12)13/h5-6,11H,3-4H2,1-2H3,(H,12,13)(H2,9,10,14). The van der Waals surface area contributed by atoms with E-state index in [1.54, 1.807) is 6.92 Å². The number of amides is 2. The predicted molar refractivity (Wildman–Crippen MR) is 51.5 cm³/mol. The molecule has 15 heavy (non-hydrogen) atoms. The largest absolute Gasteiger partial charge is 0.480 e. The van der Waals surface area contributed by atoms with Gasteiger partial charge in [-0.15, -0.1) is 0 Å². The zero-order valence-corrected chi connectivity index (χ0v) is 8.69. The molecule has 88 valence electrons. The van der Waals surface area contributed by atoms with E-state index in [1.807, 2.05) is 0 Å². The molecule has 0 rings (SSSR count). The molecule has 0 spiro atoms. The third-order valence-corrected chi connectivity index (χ3v) is 1.58. The van der Waals surface area contributed by atoms with E-state index in [2.05, 4.69) is 10.6 Å². The summed E-state index contributed by atoms with van der Waals surface area (Å²) >= 11 is 0. The van der Waals surface area contributed by atoms with Gasteiger partial charge in [-0.25, -0.2) is 9.59 Å². The lowest BCUT2D eigenvalue weighted by Gasteiger charge is -2.16. The molecule has 0 aliphatic carbocycles. The van der Waals surface area contributed by atoms with E-state index in [4.69, 9.17) is 14.9 Å². The minimum Gasteiger partial charge on any atom is -0.480 e. The Morgan fingerprint density at radius 1 is 1.40 bits per heavy atom. The topological polar surface area (TPSA) is 108 Å². The summed E-state index contributed by atoms with van der Waals surface area (Å²) in [4.78, 5) is 21.6. The number of aliphatic hydroxyl groups is 1. The van der Waals surface area contributed by atoms with E-state index in [0.717, 1.165) is 0 Å². The van der Waals surface area contributed by atoms with Gasteiger partial charge in [-0.1, -0.05) is 0 Å². The molecule has 0 bridgehead atoms. The SMILES string of the molecule is COCC(C)NC(=O)NC(CO)C(=O)O. The van der Waals surface area contributed by atoms with Crippen LogP contribution in [0, 0.1) is 0 Å². The highest BCUT2D eigenvalue weighted by atomic mass is 16.5. The first-order chi connectivity index (χ1) is 7.01. The molecule has 2 unspecified atom stereocenters. The smallest absolute Gasteiger partial charge is 0.328 e. The molecule has 0 saturated heterocycles. The van der Waals surface area contributed by atoms with Gasteiger partial charge < -0.3 is 25.6 Å². The van der Waals surface area contributed by atoms with Crippen LogP contribution in [0.4, 0.5) is 4.79 Å². The Labute approximate surface area is 87.4 Å². The van der Waals surface area contributed by atoms with Crippen LogP contribution in [0.25, 0.3) is 0 Å². The van der Waals surface area contributed by atoms with Crippen molar-refractivity contribution >= 4 is 12.0 Å².